The summed E-state index contributed by atoms with van der Waals surface area (Å²) in [7, 11) is 0. The summed E-state index contributed by atoms with van der Waals surface area (Å²) < 4.78 is 5.67. The van der Waals surface area contributed by atoms with Crippen molar-refractivity contribution in [3.63, 3.8) is 0 Å². The standard InChI is InChI=1S/C12H8O/c1-2-4-10(5-3-1)13-12-7-6-9-8-11(9)12/h1-8H. The monoisotopic (exact) mass is 168 g/mol. The van der Waals surface area contributed by atoms with Gasteiger partial charge in [-0.15, -0.1) is 0 Å². The van der Waals surface area contributed by atoms with Gasteiger partial charge in [0.25, 0.3) is 0 Å². The molecule has 0 aromatic heterocycles. The highest BCUT2D eigenvalue weighted by Gasteiger charge is 2.18. The summed E-state index contributed by atoms with van der Waals surface area (Å²) in [6.45, 7) is 0. The summed E-state index contributed by atoms with van der Waals surface area (Å²) >= 11 is 0. The normalized spacial score (nSPS) is 11.1. The van der Waals surface area contributed by atoms with E-state index in [1.165, 1.54) is 11.1 Å². The molecule has 0 heterocycles. The lowest BCUT2D eigenvalue weighted by molar-refractivity contribution is 0.487. The molecule has 0 unspecified atom stereocenters. The van der Waals surface area contributed by atoms with Crippen molar-refractivity contribution < 1.29 is 4.74 Å². The van der Waals surface area contributed by atoms with Gasteiger partial charge in [0.2, 0.25) is 0 Å². The van der Waals surface area contributed by atoms with E-state index >= 15 is 0 Å². The molecule has 0 bridgehead atoms. The lowest BCUT2D eigenvalue weighted by atomic mass is 10.3. The average molecular weight is 168 g/mol. The molecular weight excluding hydrogens is 160 g/mol. The lowest BCUT2D eigenvalue weighted by Gasteiger charge is -2.01. The molecule has 0 spiro atoms. The summed E-state index contributed by atoms with van der Waals surface area (Å²) in [5, 5.41) is 0. The van der Waals surface area contributed by atoms with Gasteiger partial charge < -0.3 is 4.74 Å². The van der Waals surface area contributed by atoms with Gasteiger partial charge in [-0.3, -0.25) is 0 Å². The van der Waals surface area contributed by atoms with E-state index in [4.69, 9.17) is 4.74 Å². The van der Waals surface area contributed by atoms with Crippen LogP contribution in [0.2, 0.25) is 0 Å². The third-order valence-corrected chi connectivity index (χ3v) is 2.18. The van der Waals surface area contributed by atoms with Crippen LogP contribution in [0.5, 0.6) is 11.5 Å². The van der Waals surface area contributed by atoms with Crippen LogP contribution in [0.4, 0.5) is 0 Å². The molecule has 0 saturated heterocycles. The second kappa shape index (κ2) is 2.36. The fourth-order valence-corrected chi connectivity index (χ4v) is 1.43. The van der Waals surface area contributed by atoms with Crippen LogP contribution in [-0.2, 0) is 0 Å². The highest BCUT2D eigenvalue weighted by molar-refractivity contribution is 5.87. The largest absolute Gasteiger partial charge is 0.457 e. The van der Waals surface area contributed by atoms with Gasteiger partial charge in [-0.25, -0.2) is 0 Å². The number of benzene rings is 2. The Balaban J connectivity index is 1.88. The van der Waals surface area contributed by atoms with Gasteiger partial charge in [0.15, 0.2) is 0 Å². The molecule has 1 aromatic rings. The highest BCUT2D eigenvalue weighted by atomic mass is 16.5. The SMILES string of the molecule is c1ccc(Oc2ccc3cc2-3)cc1. The van der Waals surface area contributed by atoms with Crippen LogP contribution in [0, 0.1) is 0 Å². The van der Waals surface area contributed by atoms with Crippen molar-refractivity contribution in [1.29, 1.82) is 0 Å². The second-order valence-corrected chi connectivity index (χ2v) is 3.13. The topological polar surface area (TPSA) is 9.23 Å². The quantitative estimate of drug-likeness (QED) is 0.569. The molecule has 2 aliphatic rings. The second-order valence-electron chi connectivity index (χ2n) is 3.13. The Bertz CT molecular complexity index is 446. The molecule has 0 amide bonds. The molecule has 1 aromatic carbocycles. The van der Waals surface area contributed by atoms with Gasteiger partial charge in [-0.05, 0) is 29.8 Å². The Morgan fingerprint density at radius 3 is 2.31 bits per heavy atom. The number of rotatable bonds is 2. The highest BCUT2D eigenvalue weighted by Crippen LogP contribution is 2.45. The van der Waals surface area contributed by atoms with Crippen LogP contribution in [0.1, 0.15) is 0 Å². The summed E-state index contributed by atoms with van der Waals surface area (Å²) in [5.41, 5.74) is 2.56. The van der Waals surface area contributed by atoms with Crippen LogP contribution in [0.3, 0.4) is 0 Å². The van der Waals surface area contributed by atoms with Crippen molar-refractivity contribution in [2.75, 3.05) is 0 Å². The fraction of sp³-hybridized carbons (Fsp3) is 0. The molecule has 2 aliphatic carbocycles. The number of hydrogen-bond donors (Lipinski definition) is 0. The van der Waals surface area contributed by atoms with Crippen molar-refractivity contribution in [3.8, 4) is 22.6 Å². The summed E-state index contributed by atoms with van der Waals surface area (Å²) in [5.74, 6) is 1.87. The minimum atomic E-state index is 0.899. The first-order valence-corrected chi connectivity index (χ1v) is 4.31. The van der Waals surface area contributed by atoms with Crippen LogP contribution < -0.4 is 4.74 Å². The third kappa shape index (κ3) is 1.09. The summed E-state index contributed by atoms with van der Waals surface area (Å²) in [6, 6.07) is 16.1. The molecule has 0 fully saturated rings. The predicted molar refractivity (Wildman–Crippen MR) is 52.0 cm³/mol. The number of hydrogen-bond acceptors (Lipinski definition) is 1. The van der Waals surface area contributed by atoms with Crippen molar-refractivity contribution in [2.24, 2.45) is 0 Å². The number of ether oxygens (including phenoxy) is 1. The minimum Gasteiger partial charge on any atom is -0.457 e. The van der Waals surface area contributed by atoms with Crippen LogP contribution >= 0.6 is 0 Å². The molecule has 0 atom stereocenters. The van der Waals surface area contributed by atoms with Crippen molar-refractivity contribution >= 4 is 0 Å². The summed E-state index contributed by atoms with van der Waals surface area (Å²) in [4.78, 5) is 0. The maximum Gasteiger partial charge on any atom is 0.135 e. The van der Waals surface area contributed by atoms with E-state index in [0.29, 0.717) is 0 Å². The van der Waals surface area contributed by atoms with Crippen LogP contribution in [-0.4, -0.2) is 0 Å². The predicted octanol–water partition coefficient (Wildman–Crippen LogP) is 3.46. The Kier molecular flexibility index (Phi) is 1.22. The first-order chi connectivity index (χ1) is 6.43. The molecule has 0 aliphatic heterocycles. The molecule has 3 rings (SSSR count). The van der Waals surface area contributed by atoms with Gasteiger partial charge in [-0.2, -0.15) is 0 Å². The van der Waals surface area contributed by atoms with Gasteiger partial charge >= 0.3 is 0 Å². The molecule has 0 saturated carbocycles. The van der Waals surface area contributed by atoms with Crippen molar-refractivity contribution in [1.82, 2.24) is 0 Å². The smallest absolute Gasteiger partial charge is 0.135 e. The number of para-hydroxylation sites is 1. The fourth-order valence-electron chi connectivity index (χ4n) is 1.43. The summed E-state index contributed by atoms with van der Waals surface area (Å²) in [6.07, 6.45) is 0. The van der Waals surface area contributed by atoms with Gasteiger partial charge in [0, 0.05) is 5.56 Å². The third-order valence-electron chi connectivity index (χ3n) is 2.18. The Hall–Kier alpha value is -1.76. The maximum absolute atomic E-state index is 5.67. The van der Waals surface area contributed by atoms with E-state index in [-0.39, 0.29) is 0 Å². The van der Waals surface area contributed by atoms with E-state index in [2.05, 4.69) is 12.1 Å². The number of fused-ring (bicyclic) bond motifs is 1. The molecule has 1 heteroatoms. The Morgan fingerprint density at radius 2 is 1.69 bits per heavy atom. The molecule has 0 radical (unpaired) electrons. The van der Waals surface area contributed by atoms with Gasteiger partial charge in [0.1, 0.15) is 11.5 Å². The first kappa shape index (κ1) is 6.72. The van der Waals surface area contributed by atoms with E-state index in [0.717, 1.165) is 11.5 Å². The zero-order valence-electron chi connectivity index (χ0n) is 7.03. The van der Waals surface area contributed by atoms with E-state index in [1.54, 1.807) is 0 Å². The van der Waals surface area contributed by atoms with E-state index in [1.807, 2.05) is 36.4 Å². The molecule has 0 N–H and O–H groups in total. The van der Waals surface area contributed by atoms with Crippen molar-refractivity contribution in [2.45, 2.75) is 0 Å². The first-order valence-electron chi connectivity index (χ1n) is 4.31. The van der Waals surface area contributed by atoms with Crippen LogP contribution in [0.15, 0.2) is 48.5 Å². The zero-order chi connectivity index (χ0) is 8.67. The zero-order valence-corrected chi connectivity index (χ0v) is 7.03. The van der Waals surface area contributed by atoms with E-state index < -0.39 is 0 Å². The molecular formula is C12H8O. The minimum absolute atomic E-state index is 0.899. The molecule has 62 valence electrons. The average Bonchev–Trinajstić information content (AvgIpc) is 2.86. The van der Waals surface area contributed by atoms with Crippen LogP contribution in [0.25, 0.3) is 11.1 Å². The Labute approximate surface area is 76.6 Å². The van der Waals surface area contributed by atoms with Crippen molar-refractivity contribution in [3.05, 3.63) is 48.5 Å². The van der Waals surface area contributed by atoms with Gasteiger partial charge in [-0.1, -0.05) is 24.3 Å². The Morgan fingerprint density at radius 1 is 0.846 bits per heavy atom. The molecule has 1 nitrogen and oxygen atoms in total. The van der Waals surface area contributed by atoms with E-state index in [9.17, 15) is 0 Å². The molecule has 13 heavy (non-hydrogen) atoms. The maximum atomic E-state index is 5.67. The van der Waals surface area contributed by atoms with Gasteiger partial charge in [0.05, 0.1) is 0 Å². The lowest BCUT2D eigenvalue weighted by Crippen LogP contribution is -1.79.